The lowest BCUT2D eigenvalue weighted by atomic mass is 9.83. The van der Waals surface area contributed by atoms with E-state index in [0.717, 1.165) is 38.8 Å². The fraction of sp³-hybridized carbons (Fsp3) is 0.909. The van der Waals surface area contributed by atoms with Crippen LogP contribution in [0.25, 0.3) is 0 Å². The molecule has 2 fully saturated rings. The van der Waals surface area contributed by atoms with E-state index in [1.54, 1.807) is 0 Å². The summed E-state index contributed by atoms with van der Waals surface area (Å²) in [5, 5.41) is 0. The maximum Gasteiger partial charge on any atom is 0.225 e. The van der Waals surface area contributed by atoms with Crippen LogP contribution in [0.4, 0.5) is 0 Å². The van der Waals surface area contributed by atoms with E-state index in [9.17, 15) is 4.79 Å². The number of nitrogens with two attached hydrogens (primary N) is 1. The second-order valence-corrected chi connectivity index (χ2v) is 4.73. The highest BCUT2D eigenvalue weighted by Crippen LogP contribution is 2.29. The molecule has 1 heterocycles. The first kappa shape index (κ1) is 10.9. The van der Waals surface area contributed by atoms with Gasteiger partial charge in [0.2, 0.25) is 5.91 Å². The SMILES string of the molecule is NOCC1CCN(C(=O)C2CCC2)CC1. The van der Waals surface area contributed by atoms with E-state index >= 15 is 0 Å². The molecule has 0 radical (unpaired) electrons. The van der Waals surface area contributed by atoms with Gasteiger partial charge in [0.05, 0.1) is 6.61 Å². The lowest BCUT2D eigenvalue weighted by Crippen LogP contribution is -2.44. The second-order valence-electron chi connectivity index (χ2n) is 4.73. The standard InChI is InChI=1S/C11H20N2O2/c12-15-8-9-4-6-13(7-5-9)11(14)10-2-1-3-10/h9-10H,1-8,12H2. The second kappa shape index (κ2) is 4.94. The Balaban J connectivity index is 1.74. The third-order valence-corrected chi connectivity index (χ3v) is 3.71. The number of likely N-dealkylation sites (tertiary alicyclic amines) is 1. The van der Waals surface area contributed by atoms with E-state index in [1.807, 2.05) is 4.90 Å². The minimum atomic E-state index is 0.340. The highest BCUT2D eigenvalue weighted by Gasteiger charge is 2.31. The third-order valence-electron chi connectivity index (χ3n) is 3.71. The Labute approximate surface area is 90.7 Å². The Morgan fingerprint density at radius 2 is 1.93 bits per heavy atom. The van der Waals surface area contributed by atoms with E-state index in [1.165, 1.54) is 6.42 Å². The van der Waals surface area contributed by atoms with Gasteiger partial charge in [-0.25, -0.2) is 5.90 Å². The molecule has 1 aliphatic heterocycles. The Morgan fingerprint density at radius 1 is 1.27 bits per heavy atom. The summed E-state index contributed by atoms with van der Waals surface area (Å²) in [7, 11) is 0. The van der Waals surface area contributed by atoms with Gasteiger partial charge in [0.25, 0.3) is 0 Å². The first-order valence-electron chi connectivity index (χ1n) is 5.91. The molecule has 1 saturated heterocycles. The molecule has 2 rings (SSSR count). The maximum atomic E-state index is 11.9. The Kier molecular flexibility index (Phi) is 3.59. The zero-order chi connectivity index (χ0) is 10.7. The normalized spacial score (nSPS) is 23.9. The van der Waals surface area contributed by atoms with Gasteiger partial charge in [0.15, 0.2) is 0 Å². The van der Waals surface area contributed by atoms with Gasteiger partial charge in [-0.1, -0.05) is 6.42 Å². The number of nitrogens with zero attached hydrogens (tertiary/aromatic N) is 1. The van der Waals surface area contributed by atoms with Gasteiger partial charge in [0, 0.05) is 19.0 Å². The zero-order valence-corrected chi connectivity index (χ0v) is 9.15. The van der Waals surface area contributed by atoms with Gasteiger partial charge in [-0.15, -0.1) is 0 Å². The highest BCUT2D eigenvalue weighted by molar-refractivity contribution is 5.79. The molecule has 0 aromatic heterocycles. The highest BCUT2D eigenvalue weighted by atomic mass is 16.6. The van der Waals surface area contributed by atoms with Crippen molar-refractivity contribution in [2.75, 3.05) is 19.7 Å². The molecule has 0 atom stereocenters. The van der Waals surface area contributed by atoms with E-state index in [-0.39, 0.29) is 0 Å². The quantitative estimate of drug-likeness (QED) is 0.708. The fourth-order valence-corrected chi connectivity index (χ4v) is 2.37. The summed E-state index contributed by atoms with van der Waals surface area (Å²) < 4.78 is 0. The van der Waals surface area contributed by atoms with E-state index in [0.29, 0.717) is 24.3 Å². The molecule has 4 nitrogen and oxygen atoms in total. The summed E-state index contributed by atoms with van der Waals surface area (Å²) in [6.07, 6.45) is 5.51. The van der Waals surface area contributed by atoms with Crippen LogP contribution in [0.1, 0.15) is 32.1 Å². The van der Waals surface area contributed by atoms with Crippen LogP contribution in [0.5, 0.6) is 0 Å². The molecular formula is C11H20N2O2. The van der Waals surface area contributed by atoms with Crippen LogP contribution in [0, 0.1) is 11.8 Å². The summed E-state index contributed by atoms with van der Waals surface area (Å²) in [6.45, 7) is 2.41. The van der Waals surface area contributed by atoms with Crippen LogP contribution in [0.2, 0.25) is 0 Å². The van der Waals surface area contributed by atoms with Gasteiger partial charge in [-0.3, -0.25) is 4.79 Å². The van der Waals surface area contributed by atoms with Crippen LogP contribution >= 0.6 is 0 Å². The van der Waals surface area contributed by atoms with Crippen LogP contribution in [-0.4, -0.2) is 30.5 Å². The first-order valence-corrected chi connectivity index (χ1v) is 5.91. The van der Waals surface area contributed by atoms with Crippen LogP contribution in [-0.2, 0) is 9.63 Å². The van der Waals surface area contributed by atoms with Crippen molar-refractivity contribution in [1.82, 2.24) is 4.90 Å². The van der Waals surface area contributed by atoms with Gasteiger partial charge in [-0.05, 0) is 31.6 Å². The smallest absolute Gasteiger partial charge is 0.225 e. The van der Waals surface area contributed by atoms with Crippen molar-refractivity contribution in [2.24, 2.45) is 17.7 Å². The number of carbonyl (C=O) groups is 1. The molecule has 1 aliphatic carbocycles. The van der Waals surface area contributed by atoms with Crippen LogP contribution in [0.15, 0.2) is 0 Å². The van der Waals surface area contributed by atoms with Gasteiger partial charge >= 0.3 is 0 Å². The Bertz CT molecular complexity index is 221. The monoisotopic (exact) mass is 212 g/mol. The first-order chi connectivity index (χ1) is 7.31. The molecule has 0 spiro atoms. The molecule has 0 aromatic rings. The summed E-state index contributed by atoms with van der Waals surface area (Å²) in [5.74, 6) is 6.32. The topological polar surface area (TPSA) is 55.6 Å². The lowest BCUT2D eigenvalue weighted by Gasteiger charge is -2.36. The maximum absolute atomic E-state index is 11.9. The average Bonchev–Trinajstić information content (AvgIpc) is 2.16. The molecule has 4 heteroatoms. The summed E-state index contributed by atoms with van der Waals surface area (Å²) in [5.41, 5.74) is 0. The van der Waals surface area contributed by atoms with E-state index in [4.69, 9.17) is 5.90 Å². The minimum absolute atomic E-state index is 0.340. The number of hydrogen-bond donors (Lipinski definition) is 1. The van der Waals surface area contributed by atoms with Crippen molar-refractivity contribution in [3.05, 3.63) is 0 Å². The van der Waals surface area contributed by atoms with Crippen LogP contribution in [0.3, 0.4) is 0 Å². The molecule has 1 saturated carbocycles. The van der Waals surface area contributed by atoms with Crippen molar-refractivity contribution in [3.8, 4) is 0 Å². The predicted molar refractivity (Wildman–Crippen MR) is 56.8 cm³/mol. The predicted octanol–water partition coefficient (Wildman–Crippen LogP) is 0.915. The molecule has 0 bridgehead atoms. The third kappa shape index (κ3) is 2.49. The molecule has 2 aliphatic rings. The summed E-state index contributed by atoms with van der Waals surface area (Å²) in [6, 6.07) is 0. The number of piperidine rings is 1. The van der Waals surface area contributed by atoms with Gasteiger partial charge in [-0.2, -0.15) is 0 Å². The molecule has 1 amide bonds. The van der Waals surface area contributed by atoms with Gasteiger partial charge in [0.1, 0.15) is 0 Å². The molecule has 0 unspecified atom stereocenters. The average molecular weight is 212 g/mol. The molecule has 86 valence electrons. The number of hydrogen-bond acceptors (Lipinski definition) is 3. The summed E-state index contributed by atoms with van der Waals surface area (Å²) >= 11 is 0. The van der Waals surface area contributed by atoms with E-state index in [2.05, 4.69) is 4.84 Å². The van der Waals surface area contributed by atoms with Crippen molar-refractivity contribution in [2.45, 2.75) is 32.1 Å². The molecular weight excluding hydrogens is 192 g/mol. The fourth-order valence-electron chi connectivity index (χ4n) is 2.37. The summed E-state index contributed by atoms with van der Waals surface area (Å²) in [4.78, 5) is 18.6. The Morgan fingerprint density at radius 3 is 2.40 bits per heavy atom. The molecule has 15 heavy (non-hydrogen) atoms. The van der Waals surface area contributed by atoms with Crippen LogP contribution < -0.4 is 5.90 Å². The van der Waals surface area contributed by atoms with Crippen molar-refractivity contribution in [3.63, 3.8) is 0 Å². The van der Waals surface area contributed by atoms with Gasteiger partial charge < -0.3 is 9.74 Å². The molecule has 2 N–H and O–H groups in total. The minimum Gasteiger partial charge on any atom is -0.342 e. The number of rotatable bonds is 3. The number of carbonyl (C=O) groups excluding carboxylic acids is 1. The number of amides is 1. The Hall–Kier alpha value is -0.610. The van der Waals surface area contributed by atoms with Crippen molar-refractivity contribution >= 4 is 5.91 Å². The molecule has 0 aromatic carbocycles. The zero-order valence-electron chi connectivity index (χ0n) is 9.15. The van der Waals surface area contributed by atoms with E-state index < -0.39 is 0 Å². The van der Waals surface area contributed by atoms with Crippen molar-refractivity contribution < 1.29 is 9.63 Å². The van der Waals surface area contributed by atoms with Crippen molar-refractivity contribution in [1.29, 1.82) is 0 Å². The largest absolute Gasteiger partial charge is 0.342 e. The lowest BCUT2D eigenvalue weighted by molar-refractivity contribution is -0.139.